The number of ether oxygens (including phenoxy) is 1. The van der Waals surface area contributed by atoms with Gasteiger partial charge in [-0.15, -0.1) is 0 Å². The Labute approximate surface area is 141 Å². The number of nitrogens with one attached hydrogen (secondary N) is 1. The molecule has 1 aromatic carbocycles. The summed E-state index contributed by atoms with van der Waals surface area (Å²) in [6, 6.07) is 12.7. The molecule has 6 heteroatoms. The van der Waals surface area contributed by atoms with Gasteiger partial charge in [0.15, 0.2) is 0 Å². The van der Waals surface area contributed by atoms with Crippen molar-refractivity contribution in [2.75, 3.05) is 21.2 Å². The molecule has 0 bridgehead atoms. The van der Waals surface area contributed by atoms with E-state index in [0.717, 1.165) is 5.56 Å². The summed E-state index contributed by atoms with van der Waals surface area (Å²) in [6.07, 6.45) is 0. The van der Waals surface area contributed by atoms with Crippen LogP contribution in [0.3, 0.4) is 0 Å². The van der Waals surface area contributed by atoms with Gasteiger partial charge in [-0.25, -0.2) is 9.78 Å². The lowest BCUT2D eigenvalue weighted by Gasteiger charge is -2.38. The molecule has 0 saturated carbocycles. The van der Waals surface area contributed by atoms with Gasteiger partial charge in [0.2, 0.25) is 5.88 Å². The van der Waals surface area contributed by atoms with E-state index in [2.05, 4.69) is 10.3 Å². The highest BCUT2D eigenvalue weighted by molar-refractivity contribution is 6.30. The molecule has 23 heavy (non-hydrogen) atoms. The number of halogens is 1. The van der Waals surface area contributed by atoms with Crippen LogP contribution < -0.4 is 10.1 Å². The molecule has 0 radical (unpaired) electrons. The minimum atomic E-state index is -0.779. The first-order valence-electron chi connectivity index (χ1n) is 7.16. The second kappa shape index (κ2) is 6.87. The third kappa shape index (κ3) is 3.24. The topological polar surface area (TPSA) is 54.5 Å². The Morgan fingerprint density at radius 3 is 2.48 bits per heavy atom. The maximum Gasteiger partial charge on any atom is 0.317 e. The van der Waals surface area contributed by atoms with E-state index in [1.807, 2.05) is 31.2 Å². The van der Waals surface area contributed by atoms with E-state index in [9.17, 15) is 4.79 Å². The van der Waals surface area contributed by atoms with Crippen LogP contribution in [0.15, 0.2) is 42.5 Å². The lowest BCUT2D eigenvalue weighted by atomic mass is 9.86. The minimum Gasteiger partial charge on any atom is -0.481 e. The number of nitrogens with zero attached hydrogens (tertiary/aromatic N) is 2. The van der Waals surface area contributed by atoms with Gasteiger partial charge in [-0.1, -0.05) is 29.8 Å². The normalized spacial score (nSPS) is 13.1. The largest absolute Gasteiger partial charge is 0.481 e. The molecule has 2 rings (SSSR count). The molecular weight excluding hydrogens is 314 g/mol. The summed E-state index contributed by atoms with van der Waals surface area (Å²) < 4.78 is 5.22. The number of amides is 2. The van der Waals surface area contributed by atoms with Gasteiger partial charge in [0.25, 0.3) is 0 Å². The highest BCUT2D eigenvalue weighted by Crippen LogP contribution is 2.35. The Morgan fingerprint density at radius 1 is 1.26 bits per heavy atom. The van der Waals surface area contributed by atoms with Crippen LogP contribution in [0.25, 0.3) is 0 Å². The predicted octanol–water partition coefficient (Wildman–Crippen LogP) is 3.28. The minimum absolute atomic E-state index is 0.216. The van der Waals surface area contributed by atoms with Crippen LogP contribution in [0, 0.1) is 0 Å². The van der Waals surface area contributed by atoms with E-state index in [-0.39, 0.29) is 6.03 Å². The van der Waals surface area contributed by atoms with Crippen LogP contribution in [0.5, 0.6) is 5.88 Å². The van der Waals surface area contributed by atoms with E-state index in [0.29, 0.717) is 16.6 Å². The molecule has 1 aromatic heterocycles. The van der Waals surface area contributed by atoms with Gasteiger partial charge < -0.3 is 15.0 Å². The molecule has 122 valence electrons. The molecule has 0 unspecified atom stereocenters. The number of rotatable bonds is 4. The zero-order valence-corrected chi connectivity index (χ0v) is 14.4. The van der Waals surface area contributed by atoms with Crippen LogP contribution in [-0.4, -0.2) is 37.1 Å². The Hall–Kier alpha value is -2.27. The monoisotopic (exact) mass is 333 g/mol. The zero-order valence-electron chi connectivity index (χ0n) is 13.6. The summed E-state index contributed by atoms with van der Waals surface area (Å²) in [4.78, 5) is 18.4. The number of pyridine rings is 1. The van der Waals surface area contributed by atoms with Crippen molar-refractivity contribution in [3.05, 3.63) is 58.7 Å². The Morgan fingerprint density at radius 2 is 1.91 bits per heavy atom. The quantitative estimate of drug-likeness (QED) is 0.934. The van der Waals surface area contributed by atoms with Gasteiger partial charge in [0.1, 0.15) is 5.54 Å². The maximum absolute atomic E-state index is 12.3. The fourth-order valence-electron chi connectivity index (χ4n) is 2.46. The third-order valence-electron chi connectivity index (χ3n) is 4.03. The second-order valence-corrected chi connectivity index (χ2v) is 5.69. The van der Waals surface area contributed by atoms with Gasteiger partial charge >= 0.3 is 6.03 Å². The fraction of sp³-hybridized carbons (Fsp3) is 0.294. The molecule has 0 aliphatic carbocycles. The van der Waals surface area contributed by atoms with Crippen molar-refractivity contribution in [3.63, 3.8) is 0 Å². The molecule has 2 amide bonds. The summed E-state index contributed by atoms with van der Waals surface area (Å²) in [7, 11) is 4.89. The van der Waals surface area contributed by atoms with Crippen LogP contribution in [0.2, 0.25) is 5.02 Å². The summed E-state index contributed by atoms with van der Waals surface area (Å²) in [5, 5.41) is 3.29. The number of benzene rings is 1. The summed E-state index contributed by atoms with van der Waals surface area (Å²) in [5.41, 5.74) is 0.818. The lowest BCUT2D eigenvalue weighted by molar-refractivity contribution is 0.166. The van der Waals surface area contributed by atoms with E-state index in [1.165, 1.54) is 0 Å². The number of hydrogen-bond acceptors (Lipinski definition) is 3. The number of methoxy groups -OCH3 is 1. The van der Waals surface area contributed by atoms with Gasteiger partial charge in [-0.05, 0) is 30.7 Å². The molecule has 1 atom stereocenters. The smallest absolute Gasteiger partial charge is 0.317 e. The highest BCUT2D eigenvalue weighted by Gasteiger charge is 2.37. The molecule has 0 aliphatic heterocycles. The first-order chi connectivity index (χ1) is 10.9. The molecular formula is C17H20ClN3O2. The molecule has 0 aliphatic rings. The highest BCUT2D eigenvalue weighted by atomic mass is 35.5. The van der Waals surface area contributed by atoms with Crippen molar-refractivity contribution < 1.29 is 9.53 Å². The van der Waals surface area contributed by atoms with Crippen molar-refractivity contribution in [2.45, 2.75) is 12.5 Å². The van der Waals surface area contributed by atoms with E-state index >= 15 is 0 Å². The third-order valence-corrected chi connectivity index (χ3v) is 4.28. The SMILES string of the molecule is CNC(=O)N(C)[C@](C)(c1ccc(Cl)cc1)c1cccc(OC)n1. The Kier molecular flexibility index (Phi) is 5.11. The van der Waals surface area contributed by atoms with E-state index in [4.69, 9.17) is 16.3 Å². The number of carbonyl (C=O) groups excluding carboxylic acids is 1. The van der Waals surface area contributed by atoms with Crippen molar-refractivity contribution in [2.24, 2.45) is 0 Å². The summed E-state index contributed by atoms with van der Waals surface area (Å²) in [5.74, 6) is 0.494. The molecule has 0 fully saturated rings. The van der Waals surface area contributed by atoms with Crippen LogP contribution >= 0.6 is 11.6 Å². The number of hydrogen-bond donors (Lipinski definition) is 1. The van der Waals surface area contributed by atoms with Gasteiger partial charge in [0.05, 0.1) is 12.8 Å². The van der Waals surface area contributed by atoms with Crippen molar-refractivity contribution in [1.29, 1.82) is 0 Å². The average molecular weight is 334 g/mol. The van der Waals surface area contributed by atoms with Gasteiger partial charge in [-0.3, -0.25) is 0 Å². The second-order valence-electron chi connectivity index (χ2n) is 5.26. The van der Waals surface area contributed by atoms with Crippen molar-refractivity contribution >= 4 is 17.6 Å². The molecule has 1 N–H and O–H groups in total. The zero-order chi connectivity index (χ0) is 17.0. The van der Waals surface area contributed by atoms with Crippen LogP contribution in [-0.2, 0) is 5.54 Å². The maximum atomic E-state index is 12.3. The molecule has 5 nitrogen and oxygen atoms in total. The van der Waals surface area contributed by atoms with Gasteiger partial charge in [-0.2, -0.15) is 0 Å². The Balaban J connectivity index is 2.63. The summed E-state index contributed by atoms with van der Waals surface area (Å²) in [6.45, 7) is 1.94. The van der Waals surface area contributed by atoms with Crippen molar-refractivity contribution in [3.8, 4) is 5.88 Å². The van der Waals surface area contributed by atoms with E-state index in [1.54, 1.807) is 44.3 Å². The Bertz CT molecular complexity index is 690. The van der Waals surface area contributed by atoms with Crippen LogP contribution in [0.4, 0.5) is 4.79 Å². The average Bonchev–Trinajstić information content (AvgIpc) is 2.60. The van der Waals surface area contributed by atoms with Crippen molar-refractivity contribution in [1.82, 2.24) is 15.2 Å². The molecule has 2 aromatic rings. The van der Waals surface area contributed by atoms with E-state index < -0.39 is 5.54 Å². The molecule has 0 saturated heterocycles. The molecule has 0 spiro atoms. The number of carbonyl (C=O) groups is 1. The number of aromatic nitrogens is 1. The standard InChI is InChI=1S/C17H20ClN3O2/c1-17(21(3)16(22)19-2,12-8-10-13(18)11-9-12)14-6-5-7-15(20-14)23-4/h5-11H,1-4H3,(H,19,22)/t17-/m1/s1. The fourth-order valence-corrected chi connectivity index (χ4v) is 2.58. The summed E-state index contributed by atoms with van der Waals surface area (Å²) >= 11 is 6.00. The lowest BCUT2D eigenvalue weighted by Crippen LogP contribution is -2.49. The molecule has 1 heterocycles. The first kappa shape index (κ1) is 17.1. The first-order valence-corrected chi connectivity index (χ1v) is 7.54. The predicted molar refractivity (Wildman–Crippen MR) is 90.9 cm³/mol. The van der Waals surface area contributed by atoms with Gasteiger partial charge in [0, 0.05) is 25.2 Å². The van der Waals surface area contributed by atoms with Crippen LogP contribution in [0.1, 0.15) is 18.2 Å². The number of urea groups is 1.